The van der Waals surface area contributed by atoms with Crippen molar-refractivity contribution in [3.8, 4) is 0 Å². The third-order valence-corrected chi connectivity index (χ3v) is 5.28. The zero-order valence-electron chi connectivity index (χ0n) is 12.7. The summed E-state index contributed by atoms with van der Waals surface area (Å²) in [4.78, 5) is 0. The highest BCUT2D eigenvalue weighted by molar-refractivity contribution is 4.86. The van der Waals surface area contributed by atoms with Crippen LogP contribution in [-0.2, 0) is 0 Å². The van der Waals surface area contributed by atoms with Crippen LogP contribution in [0.3, 0.4) is 0 Å². The van der Waals surface area contributed by atoms with Crippen LogP contribution in [-0.4, -0.2) is 23.8 Å². The van der Waals surface area contributed by atoms with Crippen molar-refractivity contribution in [3.63, 3.8) is 0 Å². The molecule has 19 heavy (non-hydrogen) atoms. The molecular weight excluding hydrogens is 234 g/mol. The van der Waals surface area contributed by atoms with E-state index in [9.17, 15) is 5.11 Å². The molecule has 2 N–H and O–H groups in total. The molecule has 0 bridgehead atoms. The number of aliphatic hydroxyl groups is 1. The maximum absolute atomic E-state index is 9.32. The molecule has 3 atom stereocenters. The SMILES string of the molecule is CC(O)CCCNC1CCCCC1C1CCCCC1. The first-order chi connectivity index (χ1) is 9.27. The quantitative estimate of drug-likeness (QED) is 0.716. The molecule has 2 saturated carbocycles. The van der Waals surface area contributed by atoms with Gasteiger partial charge in [0.1, 0.15) is 0 Å². The van der Waals surface area contributed by atoms with Crippen LogP contribution in [0.4, 0.5) is 0 Å². The Morgan fingerprint density at radius 2 is 1.68 bits per heavy atom. The second-order valence-corrected chi connectivity index (χ2v) is 6.90. The van der Waals surface area contributed by atoms with E-state index in [-0.39, 0.29) is 6.10 Å². The summed E-state index contributed by atoms with van der Waals surface area (Å²) < 4.78 is 0. The van der Waals surface area contributed by atoms with E-state index in [1.807, 2.05) is 6.92 Å². The normalized spacial score (nSPS) is 31.3. The average Bonchev–Trinajstić information content (AvgIpc) is 2.45. The molecular formula is C17H33NO. The predicted molar refractivity (Wildman–Crippen MR) is 81.2 cm³/mol. The Hall–Kier alpha value is -0.0800. The minimum atomic E-state index is -0.137. The van der Waals surface area contributed by atoms with Gasteiger partial charge in [-0.05, 0) is 51.0 Å². The largest absolute Gasteiger partial charge is 0.393 e. The molecule has 0 aromatic heterocycles. The number of aliphatic hydroxyl groups excluding tert-OH is 1. The van der Waals surface area contributed by atoms with Gasteiger partial charge < -0.3 is 10.4 Å². The molecule has 0 amide bonds. The third-order valence-electron chi connectivity index (χ3n) is 5.28. The van der Waals surface area contributed by atoms with Gasteiger partial charge in [0.05, 0.1) is 6.10 Å². The summed E-state index contributed by atoms with van der Waals surface area (Å²) in [6.45, 7) is 2.99. The summed E-state index contributed by atoms with van der Waals surface area (Å²) in [7, 11) is 0. The molecule has 2 aliphatic rings. The van der Waals surface area contributed by atoms with Gasteiger partial charge in [-0.15, -0.1) is 0 Å². The molecule has 0 aliphatic heterocycles. The van der Waals surface area contributed by atoms with Crippen LogP contribution in [0.2, 0.25) is 0 Å². The van der Waals surface area contributed by atoms with Crippen LogP contribution in [0.25, 0.3) is 0 Å². The van der Waals surface area contributed by atoms with E-state index < -0.39 is 0 Å². The van der Waals surface area contributed by atoms with Crippen molar-refractivity contribution in [2.45, 2.75) is 89.7 Å². The molecule has 2 fully saturated rings. The number of hydrogen-bond donors (Lipinski definition) is 2. The number of nitrogens with one attached hydrogen (secondary N) is 1. The lowest BCUT2D eigenvalue weighted by atomic mass is 9.71. The first-order valence-corrected chi connectivity index (χ1v) is 8.69. The van der Waals surface area contributed by atoms with E-state index in [1.54, 1.807) is 0 Å². The summed E-state index contributed by atoms with van der Waals surface area (Å²) in [5.41, 5.74) is 0. The maximum Gasteiger partial charge on any atom is 0.0512 e. The highest BCUT2D eigenvalue weighted by Gasteiger charge is 2.31. The highest BCUT2D eigenvalue weighted by Crippen LogP contribution is 2.38. The molecule has 2 aliphatic carbocycles. The molecule has 0 radical (unpaired) electrons. The van der Waals surface area contributed by atoms with Crippen molar-refractivity contribution in [2.75, 3.05) is 6.54 Å². The summed E-state index contributed by atoms with van der Waals surface area (Å²) in [6, 6.07) is 0.769. The Morgan fingerprint density at radius 1 is 1.00 bits per heavy atom. The molecule has 2 nitrogen and oxygen atoms in total. The summed E-state index contributed by atoms with van der Waals surface area (Å²) in [6.07, 6.45) is 15.0. The minimum absolute atomic E-state index is 0.137. The Morgan fingerprint density at radius 3 is 2.42 bits per heavy atom. The van der Waals surface area contributed by atoms with Gasteiger partial charge in [-0.3, -0.25) is 0 Å². The van der Waals surface area contributed by atoms with Gasteiger partial charge in [-0.25, -0.2) is 0 Å². The van der Waals surface area contributed by atoms with Gasteiger partial charge in [-0.1, -0.05) is 44.9 Å². The Balaban J connectivity index is 1.75. The minimum Gasteiger partial charge on any atom is -0.393 e. The first kappa shape index (κ1) is 15.3. The van der Waals surface area contributed by atoms with Crippen molar-refractivity contribution >= 4 is 0 Å². The highest BCUT2D eigenvalue weighted by atomic mass is 16.3. The van der Waals surface area contributed by atoms with Gasteiger partial charge in [0.15, 0.2) is 0 Å². The average molecular weight is 267 g/mol. The van der Waals surface area contributed by atoms with Crippen LogP contribution in [0.5, 0.6) is 0 Å². The van der Waals surface area contributed by atoms with Crippen LogP contribution in [0.1, 0.15) is 77.6 Å². The van der Waals surface area contributed by atoms with Crippen molar-refractivity contribution in [1.82, 2.24) is 5.32 Å². The van der Waals surface area contributed by atoms with Crippen LogP contribution < -0.4 is 5.32 Å². The van der Waals surface area contributed by atoms with Gasteiger partial charge in [0.25, 0.3) is 0 Å². The Labute approximate surface area is 119 Å². The summed E-state index contributed by atoms with van der Waals surface area (Å²) in [5, 5.41) is 13.1. The first-order valence-electron chi connectivity index (χ1n) is 8.69. The Bertz CT molecular complexity index is 235. The molecule has 0 aromatic rings. The van der Waals surface area contributed by atoms with E-state index >= 15 is 0 Å². The van der Waals surface area contributed by atoms with E-state index in [0.717, 1.165) is 37.3 Å². The van der Waals surface area contributed by atoms with Crippen molar-refractivity contribution < 1.29 is 5.11 Å². The predicted octanol–water partition coefficient (Wildman–Crippen LogP) is 3.88. The fraction of sp³-hybridized carbons (Fsp3) is 1.00. The fourth-order valence-corrected chi connectivity index (χ4v) is 4.22. The lowest BCUT2D eigenvalue weighted by Crippen LogP contribution is -2.42. The molecule has 0 spiro atoms. The monoisotopic (exact) mass is 267 g/mol. The zero-order valence-corrected chi connectivity index (χ0v) is 12.7. The molecule has 2 heteroatoms. The Kier molecular flexibility index (Phi) is 6.66. The third kappa shape index (κ3) is 5.07. The van der Waals surface area contributed by atoms with Crippen molar-refractivity contribution in [1.29, 1.82) is 0 Å². The van der Waals surface area contributed by atoms with Gasteiger partial charge >= 0.3 is 0 Å². The van der Waals surface area contributed by atoms with Crippen LogP contribution >= 0.6 is 0 Å². The molecule has 0 aromatic carbocycles. The lowest BCUT2D eigenvalue weighted by molar-refractivity contribution is 0.146. The van der Waals surface area contributed by atoms with Crippen LogP contribution in [0.15, 0.2) is 0 Å². The molecule has 0 saturated heterocycles. The summed E-state index contributed by atoms with van der Waals surface area (Å²) >= 11 is 0. The lowest BCUT2D eigenvalue weighted by Gasteiger charge is -2.39. The van der Waals surface area contributed by atoms with E-state index in [0.29, 0.717) is 0 Å². The van der Waals surface area contributed by atoms with E-state index in [4.69, 9.17) is 0 Å². The molecule has 2 rings (SSSR count). The fourth-order valence-electron chi connectivity index (χ4n) is 4.22. The molecule has 3 unspecified atom stereocenters. The standard InChI is InChI=1S/C17H33NO/c1-14(19)8-7-13-18-17-12-6-5-11-16(17)15-9-3-2-4-10-15/h14-19H,2-13H2,1H3. The van der Waals surface area contributed by atoms with Crippen molar-refractivity contribution in [3.05, 3.63) is 0 Å². The smallest absolute Gasteiger partial charge is 0.0512 e. The maximum atomic E-state index is 9.32. The second kappa shape index (κ2) is 8.26. The number of hydrogen-bond acceptors (Lipinski definition) is 2. The van der Waals surface area contributed by atoms with Crippen molar-refractivity contribution in [2.24, 2.45) is 11.8 Å². The summed E-state index contributed by atoms with van der Waals surface area (Å²) in [5.74, 6) is 1.95. The number of rotatable bonds is 6. The molecule has 0 heterocycles. The van der Waals surface area contributed by atoms with Gasteiger partial charge in [0, 0.05) is 6.04 Å². The van der Waals surface area contributed by atoms with Gasteiger partial charge in [0.2, 0.25) is 0 Å². The van der Waals surface area contributed by atoms with Gasteiger partial charge in [-0.2, -0.15) is 0 Å². The van der Waals surface area contributed by atoms with E-state index in [2.05, 4.69) is 5.32 Å². The molecule has 112 valence electrons. The van der Waals surface area contributed by atoms with E-state index in [1.165, 1.54) is 57.8 Å². The van der Waals surface area contributed by atoms with Crippen LogP contribution in [0, 0.1) is 11.8 Å². The zero-order chi connectivity index (χ0) is 13.5. The topological polar surface area (TPSA) is 32.3 Å². The second-order valence-electron chi connectivity index (χ2n) is 6.90.